The third-order valence-electron chi connectivity index (χ3n) is 3.71. The maximum Gasteiger partial charge on any atom is 0.221 e. The van der Waals surface area contributed by atoms with E-state index in [0.29, 0.717) is 23.9 Å². The zero-order valence-corrected chi connectivity index (χ0v) is 14.2. The molecule has 1 fully saturated rings. The summed E-state index contributed by atoms with van der Waals surface area (Å²) in [7, 11) is 0. The van der Waals surface area contributed by atoms with Gasteiger partial charge in [-0.05, 0) is 44.9 Å². The third-order valence-corrected chi connectivity index (χ3v) is 3.95. The first kappa shape index (κ1) is 16.0. The summed E-state index contributed by atoms with van der Waals surface area (Å²) in [6, 6.07) is 5.78. The lowest BCUT2D eigenvalue weighted by Gasteiger charge is -2.12. The van der Waals surface area contributed by atoms with Crippen LogP contribution in [0.4, 0.5) is 5.82 Å². The maximum absolute atomic E-state index is 11.7. The van der Waals surface area contributed by atoms with Gasteiger partial charge in [0.25, 0.3) is 0 Å². The molecule has 1 amide bonds. The highest BCUT2D eigenvalue weighted by Gasteiger charge is 2.27. The second-order valence-corrected chi connectivity index (χ2v) is 6.70. The minimum absolute atomic E-state index is 0.0383. The molecule has 1 saturated carbocycles. The molecule has 122 valence electrons. The largest absolute Gasteiger partial charge is 0.369 e. The van der Waals surface area contributed by atoms with Gasteiger partial charge in [0.15, 0.2) is 0 Å². The predicted octanol–water partition coefficient (Wildman–Crippen LogP) is 3.49. The van der Waals surface area contributed by atoms with E-state index in [9.17, 15) is 4.79 Å². The van der Waals surface area contributed by atoms with E-state index in [2.05, 4.69) is 20.6 Å². The van der Waals surface area contributed by atoms with Crippen LogP contribution < -0.4 is 10.6 Å². The Morgan fingerprint density at radius 1 is 1.35 bits per heavy atom. The van der Waals surface area contributed by atoms with Gasteiger partial charge >= 0.3 is 0 Å². The van der Waals surface area contributed by atoms with Gasteiger partial charge < -0.3 is 10.6 Å². The number of aromatic nitrogens is 2. The number of rotatable bonds is 6. The van der Waals surface area contributed by atoms with Crippen molar-refractivity contribution in [1.29, 1.82) is 0 Å². The zero-order valence-electron chi connectivity index (χ0n) is 13.4. The lowest BCUT2D eigenvalue weighted by Crippen LogP contribution is -2.31. The molecule has 1 aromatic heterocycles. The van der Waals surface area contributed by atoms with Crippen molar-refractivity contribution in [2.45, 2.75) is 45.1 Å². The lowest BCUT2D eigenvalue weighted by molar-refractivity contribution is -0.121. The second-order valence-electron chi connectivity index (χ2n) is 6.27. The molecule has 1 aromatic carbocycles. The summed E-state index contributed by atoms with van der Waals surface area (Å²) >= 11 is 6.08. The molecule has 0 bridgehead atoms. The molecular weight excluding hydrogens is 312 g/mol. The zero-order chi connectivity index (χ0) is 16.4. The minimum Gasteiger partial charge on any atom is -0.369 e. The molecule has 1 heterocycles. The van der Waals surface area contributed by atoms with Gasteiger partial charge in [0, 0.05) is 35.3 Å². The number of anilines is 1. The molecule has 0 aliphatic heterocycles. The number of halogens is 1. The van der Waals surface area contributed by atoms with Crippen LogP contribution in [0.2, 0.25) is 5.02 Å². The molecule has 2 N–H and O–H groups in total. The summed E-state index contributed by atoms with van der Waals surface area (Å²) in [6.07, 6.45) is 2.70. The summed E-state index contributed by atoms with van der Waals surface area (Å²) in [5.41, 5.74) is 0.850. The Morgan fingerprint density at radius 3 is 2.83 bits per heavy atom. The first-order valence-electron chi connectivity index (χ1n) is 8.03. The smallest absolute Gasteiger partial charge is 0.221 e. The summed E-state index contributed by atoms with van der Waals surface area (Å²) in [6.45, 7) is 4.45. The molecule has 0 spiro atoms. The Bertz CT molecular complexity index is 728. The average Bonchev–Trinajstić information content (AvgIpc) is 3.30. The summed E-state index contributed by atoms with van der Waals surface area (Å²) in [5, 5.41) is 7.76. The Morgan fingerprint density at radius 2 is 2.13 bits per heavy atom. The van der Waals surface area contributed by atoms with E-state index in [4.69, 9.17) is 11.6 Å². The van der Waals surface area contributed by atoms with Crippen LogP contribution in [-0.2, 0) is 4.79 Å². The Kier molecular flexibility index (Phi) is 4.66. The number of amides is 1. The molecular formula is C17H21ClN4O. The van der Waals surface area contributed by atoms with Crippen LogP contribution in [-0.4, -0.2) is 28.5 Å². The van der Waals surface area contributed by atoms with Crippen LogP contribution in [0, 0.1) is 0 Å². The van der Waals surface area contributed by atoms with Gasteiger partial charge in [-0.2, -0.15) is 0 Å². The number of carbonyl (C=O) groups is 1. The SMILES string of the molecule is CC(C)NC(=O)CCNc1nc(C2CC2)nc2cc(Cl)ccc12. The lowest BCUT2D eigenvalue weighted by atomic mass is 10.2. The fourth-order valence-corrected chi connectivity index (χ4v) is 2.63. The number of hydrogen-bond acceptors (Lipinski definition) is 4. The number of fused-ring (bicyclic) bond motifs is 1. The Hall–Kier alpha value is -1.88. The van der Waals surface area contributed by atoms with Crippen molar-refractivity contribution < 1.29 is 4.79 Å². The highest BCUT2D eigenvalue weighted by atomic mass is 35.5. The Balaban J connectivity index is 1.77. The monoisotopic (exact) mass is 332 g/mol. The van der Waals surface area contributed by atoms with Crippen LogP contribution in [0.1, 0.15) is 44.9 Å². The summed E-state index contributed by atoms with van der Waals surface area (Å²) in [4.78, 5) is 21.0. The van der Waals surface area contributed by atoms with E-state index in [1.165, 1.54) is 0 Å². The van der Waals surface area contributed by atoms with Gasteiger partial charge in [-0.25, -0.2) is 9.97 Å². The quantitative estimate of drug-likeness (QED) is 0.849. The molecule has 0 saturated heterocycles. The average molecular weight is 333 g/mol. The topological polar surface area (TPSA) is 66.9 Å². The first-order chi connectivity index (χ1) is 11.0. The fraction of sp³-hybridized carbons (Fsp3) is 0.471. The van der Waals surface area contributed by atoms with Crippen molar-refractivity contribution in [3.63, 3.8) is 0 Å². The van der Waals surface area contributed by atoms with E-state index in [1.54, 1.807) is 0 Å². The van der Waals surface area contributed by atoms with Crippen LogP contribution in [0.3, 0.4) is 0 Å². The van der Waals surface area contributed by atoms with Crippen LogP contribution in [0.5, 0.6) is 0 Å². The number of nitrogens with one attached hydrogen (secondary N) is 2. The molecule has 2 aromatic rings. The Labute approximate surface area is 140 Å². The van der Waals surface area contributed by atoms with Crippen molar-refractivity contribution in [3.05, 3.63) is 29.0 Å². The van der Waals surface area contributed by atoms with Crippen LogP contribution in [0.15, 0.2) is 18.2 Å². The molecule has 0 unspecified atom stereocenters. The molecule has 6 heteroatoms. The number of nitrogens with zero attached hydrogens (tertiary/aromatic N) is 2. The predicted molar refractivity (Wildman–Crippen MR) is 92.9 cm³/mol. The third kappa shape index (κ3) is 4.10. The van der Waals surface area contributed by atoms with E-state index < -0.39 is 0 Å². The van der Waals surface area contributed by atoms with Gasteiger partial charge in [0.2, 0.25) is 5.91 Å². The van der Waals surface area contributed by atoms with Gasteiger partial charge in [0.1, 0.15) is 11.6 Å². The standard InChI is InChI=1S/C17H21ClN4O/c1-10(2)20-15(23)7-8-19-17-13-6-5-12(18)9-14(13)21-16(22-17)11-3-4-11/h5-6,9-11H,3-4,7-8H2,1-2H3,(H,20,23)(H,19,21,22). The van der Waals surface area contributed by atoms with Crippen molar-refractivity contribution >= 4 is 34.2 Å². The number of benzene rings is 1. The highest BCUT2D eigenvalue weighted by Crippen LogP contribution is 2.39. The van der Waals surface area contributed by atoms with E-state index in [-0.39, 0.29) is 11.9 Å². The van der Waals surface area contributed by atoms with Gasteiger partial charge in [-0.15, -0.1) is 0 Å². The molecule has 23 heavy (non-hydrogen) atoms. The van der Waals surface area contributed by atoms with Crippen LogP contribution in [0.25, 0.3) is 10.9 Å². The normalized spacial score (nSPS) is 14.3. The molecule has 0 atom stereocenters. The minimum atomic E-state index is 0.0383. The van der Waals surface area contributed by atoms with Crippen molar-refractivity contribution in [3.8, 4) is 0 Å². The number of carbonyl (C=O) groups excluding carboxylic acids is 1. The second kappa shape index (κ2) is 6.71. The molecule has 0 radical (unpaired) electrons. The van der Waals surface area contributed by atoms with E-state index in [1.807, 2.05) is 32.0 Å². The summed E-state index contributed by atoms with van der Waals surface area (Å²) in [5.74, 6) is 2.15. The molecule has 3 rings (SSSR count). The number of hydrogen-bond donors (Lipinski definition) is 2. The maximum atomic E-state index is 11.7. The van der Waals surface area contributed by atoms with Crippen molar-refractivity contribution in [2.24, 2.45) is 0 Å². The van der Waals surface area contributed by atoms with Gasteiger partial charge in [-0.3, -0.25) is 4.79 Å². The van der Waals surface area contributed by atoms with Crippen molar-refractivity contribution in [2.75, 3.05) is 11.9 Å². The molecule has 5 nitrogen and oxygen atoms in total. The summed E-state index contributed by atoms with van der Waals surface area (Å²) < 4.78 is 0. The fourth-order valence-electron chi connectivity index (χ4n) is 2.47. The molecule has 1 aliphatic carbocycles. The van der Waals surface area contributed by atoms with Gasteiger partial charge in [-0.1, -0.05) is 11.6 Å². The van der Waals surface area contributed by atoms with Crippen molar-refractivity contribution in [1.82, 2.24) is 15.3 Å². The van der Waals surface area contributed by atoms with E-state index >= 15 is 0 Å². The van der Waals surface area contributed by atoms with Crippen LogP contribution >= 0.6 is 11.6 Å². The highest BCUT2D eigenvalue weighted by molar-refractivity contribution is 6.31. The van der Waals surface area contributed by atoms with Gasteiger partial charge in [0.05, 0.1) is 5.52 Å². The first-order valence-corrected chi connectivity index (χ1v) is 8.41. The van der Waals surface area contributed by atoms with E-state index in [0.717, 1.165) is 35.4 Å². The molecule has 1 aliphatic rings.